The Morgan fingerprint density at radius 1 is 0.732 bits per heavy atom. The maximum atomic E-state index is 13.0. The first-order valence-electron chi connectivity index (χ1n) is 21.0. The number of hydrogen-bond donors (Lipinski definition) is 9. The zero-order valence-corrected chi connectivity index (χ0v) is 33.9. The first-order valence-corrected chi connectivity index (χ1v) is 21.0. The van der Waals surface area contributed by atoms with Crippen LogP contribution in [-0.2, 0) is 23.7 Å². The van der Waals surface area contributed by atoms with E-state index in [4.69, 9.17) is 18.9 Å². The van der Waals surface area contributed by atoms with Gasteiger partial charge in [0.25, 0.3) is 0 Å². The number of hydrogen-bond acceptors (Lipinski definition) is 13. The van der Waals surface area contributed by atoms with Gasteiger partial charge in [-0.1, -0.05) is 53.2 Å². The van der Waals surface area contributed by atoms with Crippen molar-refractivity contribution in [1.82, 2.24) is 0 Å². The molecule has 19 atom stereocenters. The van der Waals surface area contributed by atoms with Crippen LogP contribution in [0.25, 0.3) is 0 Å². The largest absolute Gasteiger partial charge is 0.481 e. The van der Waals surface area contributed by atoms with Crippen LogP contribution in [0, 0.1) is 50.2 Å². The molecule has 14 nitrogen and oxygen atoms in total. The molecule has 7 aliphatic rings. The van der Waals surface area contributed by atoms with Gasteiger partial charge in [-0.2, -0.15) is 0 Å². The first kappa shape index (κ1) is 42.8. The topological polar surface area (TPSA) is 236 Å². The van der Waals surface area contributed by atoms with Crippen LogP contribution in [0.3, 0.4) is 0 Å². The van der Waals surface area contributed by atoms with Gasteiger partial charge in [-0.3, -0.25) is 4.79 Å². The van der Waals surface area contributed by atoms with Crippen LogP contribution in [0.2, 0.25) is 0 Å². The molecule has 9 N–H and O–H groups in total. The Kier molecular flexibility index (Phi) is 11.3. The lowest BCUT2D eigenvalue weighted by molar-refractivity contribution is -0.369. The lowest BCUT2D eigenvalue weighted by Gasteiger charge is -2.71. The van der Waals surface area contributed by atoms with Crippen molar-refractivity contribution in [2.75, 3.05) is 19.8 Å². The molecular weight excluding hydrogens is 728 g/mol. The minimum atomic E-state index is -1.77. The molecule has 56 heavy (non-hydrogen) atoms. The van der Waals surface area contributed by atoms with Crippen LogP contribution in [0.4, 0.5) is 0 Å². The Balaban J connectivity index is 1.10. The average Bonchev–Trinajstić information content (AvgIpc) is 3.15. The Labute approximate surface area is 330 Å². The summed E-state index contributed by atoms with van der Waals surface area (Å²) in [6.45, 7) is 12.2. The summed E-state index contributed by atoms with van der Waals surface area (Å²) < 4.78 is 23.8. The smallest absolute Gasteiger partial charge is 0.310 e. The molecule has 2 saturated heterocycles. The van der Waals surface area contributed by atoms with Gasteiger partial charge in [0.1, 0.15) is 48.8 Å². The van der Waals surface area contributed by atoms with Crippen molar-refractivity contribution < 1.29 is 69.7 Å². The third-order valence-corrected chi connectivity index (χ3v) is 17.4. The zero-order chi connectivity index (χ0) is 41.0. The van der Waals surface area contributed by atoms with Gasteiger partial charge in [-0.25, -0.2) is 0 Å². The van der Waals surface area contributed by atoms with Crippen molar-refractivity contribution in [2.45, 2.75) is 173 Å². The van der Waals surface area contributed by atoms with Gasteiger partial charge in [-0.15, -0.1) is 0 Å². The number of ether oxygens (including phenoxy) is 4. The Morgan fingerprint density at radius 2 is 1.36 bits per heavy atom. The Morgan fingerprint density at radius 3 is 2.00 bits per heavy atom. The molecule has 0 radical (unpaired) electrons. The number of rotatable bonds is 8. The third kappa shape index (κ3) is 6.21. The van der Waals surface area contributed by atoms with E-state index in [-0.39, 0.29) is 46.0 Å². The lowest BCUT2D eigenvalue weighted by atomic mass is 9.33. The second kappa shape index (κ2) is 14.7. The van der Waals surface area contributed by atoms with Crippen molar-refractivity contribution in [2.24, 2.45) is 50.2 Å². The first-order chi connectivity index (χ1) is 26.2. The standard InChI is InChI=1S/C42H68O14/c1-37(2)13-15-42(36(51)52)16-14-40(5)21(22(42)17-37)7-8-26-38(3)11-10-27(39(4,20-45)25(38)9-12-41(26,40)6)55-34-32(50)30(48)33(24(19-44)54-34)56-35-31(49)29(47)28(46)23(18-43)53-35/h7,22-35,43-50H,8-20H2,1-6H3,(H,51,52)/t22-,23+,24+,25?,26+,27-,28-,29-,30+,31+,32+,33+,34-,35-,38-,39-,40+,41+,42-/m0/s1. The van der Waals surface area contributed by atoms with Crippen LogP contribution in [0.1, 0.15) is 106 Å². The van der Waals surface area contributed by atoms with Gasteiger partial charge < -0.3 is 64.9 Å². The van der Waals surface area contributed by atoms with Crippen molar-refractivity contribution in [3.05, 3.63) is 11.6 Å². The van der Waals surface area contributed by atoms with Crippen molar-refractivity contribution in [3.63, 3.8) is 0 Å². The maximum absolute atomic E-state index is 13.0. The SMILES string of the molecule is CC1(C)CC[C@]2(C(=O)O)CC[C@]3(C)C(=CC[C@@H]4[C@@]5(C)CC[C@H](O[C@@H]6O[C@H](CO)[C@@H](O[C@@H]7O[C@H](CO)[C@H](O)[C@H](O)[C@H]7O)[C@H](O)[C@H]6O)[C@@](C)(CO)C5CC[C@]43C)[C@@H]2C1. The van der Waals surface area contributed by atoms with Crippen molar-refractivity contribution in [3.8, 4) is 0 Å². The molecular formula is C42H68O14. The second-order valence-electron chi connectivity index (χ2n) is 20.5. The summed E-state index contributed by atoms with van der Waals surface area (Å²) in [5.74, 6) is -0.324. The normalized spacial score (nSPS) is 54.1. The van der Waals surface area contributed by atoms with Crippen molar-refractivity contribution >= 4 is 5.97 Å². The van der Waals surface area contributed by atoms with Crippen LogP contribution in [-0.4, -0.2) is 139 Å². The summed E-state index contributed by atoms with van der Waals surface area (Å²) in [6, 6.07) is 0. The number of allylic oxidation sites excluding steroid dienone is 2. The van der Waals surface area contributed by atoms with E-state index in [9.17, 15) is 50.8 Å². The lowest BCUT2D eigenvalue weighted by Crippen LogP contribution is -2.67. The van der Waals surface area contributed by atoms with Crippen LogP contribution in [0.15, 0.2) is 11.6 Å². The van der Waals surface area contributed by atoms with E-state index in [2.05, 4.69) is 40.7 Å². The predicted octanol–water partition coefficient (Wildman–Crippen LogP) is 1.85. The number of carboxylic acid groups (broad SMARTS) is 1. The number of fused-ring (bicyclic) bond motifs is 7. The van der Waals surface area contributed by atoms with Crippen LogP contribution < -0.4 is 0 Å². The fraction of sp³-hybridized carbons (Fsp3) is 0.929. The van der Waals surface area contributed by atoms with Crippen LogP contribution in [0.5, 0.6) is 0 Å². The highest BCUT2D eigenvalue weighted by atomic mass is 16.7. The van der Waals surface area contributed by atoms with Gasteiger partial charge in [0.15, 0.2) is 12.6 Å². The van der Waals surface area contributed by atoms with E-state index in [1.54, 1.807) is 0 Å². The van der Waals surface area contributed by atoms with Crippen LogP contribution >= 0.6 is 0 Å². The number of aliphatic carboxylic acids is 1. The fourth-order valence-electron chi connectivity index (χ4n) is 13.7. The van der Waals surface area contributed by atoms with E-state index < -0.39 is 97.5 Å². The molecule has 7 rings (SSSR count). The molecule has 0 bridgehead atoms. The van der Waals surface area contributed by atoms with Crippen molar-refractivity contribution in [1.29, 1.82) is 0 Å². The molecule has 2 heterocycles. The molecule has 5 aliphatic carbocycles. The Hall–Kier alpha value is -1.27. The van der Waals surface area contributed by atoms with E-state index >= 15 is 0 Å². The molecule has 0 spiro atoms. The molecule has 0 aromatic heterocycles. The maximum Gasteiger partial charge on any atom is 0.310 e. The summed E-state index contributed by atoms with van der Waals surface area (Å²) in [5.41, 5.74) is -0.474. The van der Waals surface area contributed by atoms with E-state index in [0.29, 0.717) is 19.3 Å². The van der Waals surface area contributed by atoms with Gasteiger partial charge in [0.2, 0.25) is 0 Å². The van der Waals surface area contributed by atoms with E-state index in [1.807, 2.05) is 6.92 Å². The minimum Gasteiger partial charge on any atom is -0.481 e. The molecule has 0 aromatic rings. The molecule has 1 unspecified atom stereocenters. The minimum absolute atomic E-state index is 0.0138. The fourth-order valence-corrected chi connectivity index (χ4v) is 13.7. The van der Waals surface area contributed by atoms with Gasteiger partial charge in [0, 0.05) is 5.41 Å². The van der Waals surface area contributed by atoms with Gasteiger partial charge in [0.05, 0.1) is 31.3 Å². The monoisotopic (exact) mass is 796 g/mol. The number of carboxylic acids is 1. The highest BCUT2D eigenvalue weighted by Gasteiger charge is 2.70. The summed E-state index contributed by atoms with van der Waals surface area (Å²) >= 11 is 0. The van der Waals surface area contributed by atoms with Gasteiger partial charge >= 0.3 is 5.97 Å². The quantitative estimate of drug-likeness (QED) is 0.126. The highest BCUT2D eigenvalue weighted by molar-refractivity contribution is 5.76. The van der Waals surface area contributed by atoms with Gasteiger partial charge in [-0.05, 0) is 104 Å². The molecule has 320 valence electrons. The summed E-state index contributed by atoms with van der Waals surface area (Å²) in [6.07, 6.45) is -5.71. The Bertz CT molecular complexity index is 1500. The molecule has 6 fully saturated rings. The molecule has 4 saturated carbocycles. The highest BCUT2D eigenvalue weighted by Crippen LogP contribution is 2.76. The predicted molar refractivity (Wildman–Crippen MR) is 199 cm³/mol. The summed E-state index contributed by atoms with van der Waals surface area (Å²) in [7, 11) is 0. The number of carbonyl (C=O) groups is 1. The zero-order valence-electron chi connectivity index (χ0n) is 33.9. The van der Waals surface area contributed by atoms with E-state index in [1.165, 1.54) is 5.57 Å². The number of aliphatic hydroxyl groups is 8. The molecule has 2 aliphatic heterocycles. The molecule has 14 heteroatoms. The summed E-state index contributed by atoms with van der Waals surface area (Å²) in [5, 5.41) is 95.5. The third-order valence-electron chi connectivity index (χ3n) is 17.4. The average molecular weight is 797 g/mol. The number of aliphatic hydroxyl groups excluding tert-OH is 8. The molecule has 0 amide bonds. The summed E-state index contributed by atoms with van der Waals surface area (Å²) in [4.78, 5) is 13.0. The van der Waals surface area contributed by atoms with E-state index in [0.717, 1.165) is 44.9 Å². The molecule has 0 aromatic carbocycles. The second-order valence-corrected chi connectivity index (χ2v) is 20.5.